The second-order valence-electron chi connectivity index (χ2n) is 5.73. The molecule has 2 amide bonds. The maximum absolute atomic E-state index is 12.0. The normalized spacial score (nSPS) is 11.1. The van der Waals surface area contributed by atoms with Gasteiger partial charge in [0.25, 0.3) is 0 Å². The monoisotopic (exact) mass is 333 g/mol. The summed E-state index contributed by atoms with van der Waals surface area (Å²) < 4.78 is 0. The van der Waals surface area contributed by atoms with Gasteiger partial charge in [0.15, 0.2) is 0 Å². The molecule has 1 aromatic carbocycles. The van der Waals surface area contributed by atoms with E-state index in [2.05, 4.69) is 15.6 Å². The molecule has 0 bridgehead atoms. The average Bonchev–Trinajstić information content (AvgIpc) is 2.92. The van der Waals surface area contributed by atoms with E-state index in [1.165, 1.54) is 23.5 Å². The highest BCUT2D eigenvalue weighted by Gasteiger charge is 2.25. The molecule has 0 aliphatic carbocycles. The molecule has 1 aromatic heterocycles. The summed E-state index contributed by atoms with van der Waals surface area (Å²) in [6.07, 6.45) is 0. The number of nitrogens with one attached hydrogen (secondary N) is 2. The molecule has 23 heavy (non-hydrogen) atoms. The first-order chi connectivity index (χ1) is 10.8. The molecule has 0 unspecified atom stereocenters. The van der Waals surface area contributed by atoms with Crippen molar-refractivity contribution in [2.75, 3.05) is 0 Å². The number of carboxylic acid groups (broad SMARTS) is 1. The van der Waals surface area contributed by atoms with Crippen molar-refractivity contribution in [3.63, 3.8) is 0 Å². The van der Waals surface area contributed by atoms with E-state index in [0.717, 1.165) is 16.3 Å². The molecule has 0 fully saturated rings. The Labute approximate surface area is 138 Å². The Morgan fingerprint density at radius 2 is 1.91 bits per heavy atom. The van der Waals surface area contributed by atoms with Gasteiger partial charge in [0.1, 0.15) is 5.01 Å². The highest BCUT2D eigenvalue weighted by atomic mass is 32.1. The van der Waals surface area contributed by atoms with Crippen molar-refractivity contribution < 1.29 is 14.7 Å². The zero-order valence-electron chi connectivity index (χ0n) is 13.2. The van der Waals surface area contributed by atoms with Gasteiger partial charge in [-0.1, -0.05) is 12.1 Å². The number of hydrogen-bond acceptors (Lipinski definition) is 4. The Balaban J connectivity index is 1.90. The Hall–Kier alpha value is -2.41. The van der Waals surface area contributed by atoms with Crippen LogP contribution in [0, 0.1) is 6.92 Å². The minimum atomic E-state index is -0.970. The maximum Gasteiger partial charge on any atom is 0.335 e. The van der Waals surface area contributed by atoms with Crippen LogP contribution in [0.1, 0.15) is 40.5 Å². The van der Waals surface area contributed by atoms with Crippen LogP contribution in [0.25, 0.3) is 0 Å². The first kappa shape index (κ1) is 17.0. The smallest absolute Gasteiger partial charge is 0.335 e. The Kier molecular flexibility index (Phi) is 5.00. The van der Waals surface area contributed by atoms with Crippen LogP contribution in [0.4, 0.5) is 4.79 Å². The molecule has 2 rings (SSSR count). The number of carbonyl (C=O) groups excluding carboxylic acids is 1. The van der Waals surface area contributed by atoms with Crippen molar-refractivity contribution in [2.24, 2.45) is 0 Å². The van der Waals surface area contributed by atoms with Crippen LogP contribution in [-0.2, 0) is 12.1 Å². The van der Waals surface area contributed by atoms with Gasteiger partial charge in [-0.3, -0.25) is 0 Å². The lowest BCUT2D eigenvalue weighted by molar-refractivity contribution is 0.0697. The molecule has 6 nitrogen and oxygen atoms in total. The first-order valence-corrected chi connectivity index (χ1v) is 7.97. The van der Waals surface area contributed by atoms with Crippen molar-refractivity contribution in [1.29, 1.82) is 0 Å². The van der Waals surface area contributed by atoms with Gasteiger partial charge in [-0.05, 0) is 38.5 Å². The van der Waals surface area contributed by atoms with Crippen molar-refractivity contribution in [3.8, 4) is 0 Å². The summed E-state index contributed by atoms with van der Waals surface area (Å²) in [5.74, 6) is -0.970. The number of urea groups is 1. The predicted octanol–water partition coefficient (Wildman–Crippen LogP) is 2.88. The van der Waals surface area contributed by atoms with Gasteiger partial charge >= 0.3 is 12.0 Å². The molecular weight excluding hydrogens is 314 g/mol. The summed E-state index contributed by atoms with van der Waals surface area (Å²) in [7, 11) is 0. The van der Waals surface area contributed by atoms with Crippen LogP contribution in [0.3, 0.4) is 0 Å². The molecule has 0 atom stereocenters. The lowest BCUT2D eigenvalue weighted by Gasteiger charge is -2.24. The van der Waals surface area contributed by atoms with Crippen LogP contribution in [-0.4, -0.2) is 22.1 Å². The molecule has 122 valence electrons. The standard InChI is InChI=1S/C16H19N3O3S/c1-10-9-23-14(18-10)16(2,3)19-15(22)17-8-11-4-6-12(7-5-11)13(20)21/h4-7,9H,8H2,1-3H3,(H,20,21)(H2,17,19,22). The third kappa shape index (κ3) is 4.53. The van der Waals surface area contributed by atoms with E-state index in [9.17, 15) is 9.59 Å². The molecule has 7 heteroatoms. The van der Waals surface area contributed by atoms with E-state index in [1.54, 1.807) is 12.1 Å². The lowest BCUT2D eigenvalue weighted by atomic mass is 10.1. The summed E-state index contributed by atoms with van der Waals surface area (Å²) in [5, 5.41) is 17.3. The number of benzene rings is 1. The molecule has 1 heterocycles. The molecular formula is C16H19N3O3S. The number of amides is 2. The highest BCUT2D eigenvalue weighted by molar-refractivity contribution is 7.09. The van der Waals surface area contributed by atoms with E-state index in [4.69, 9.17) is 5.11 Å². The van der Waals surface area contributed by atoms with E-state index in [0.29, 0.717) is 6.54 Å². The SMILES string of the molecule is Cc1csc(C(C)(C)NC(=O)NCc2ccc(C(=O)O)cc2)n1. The van der Waals surface area contributed by atoms with E-state index in [1.807, 2.05) is 26.2 Å². The van der Waals surface area contributed by atoms with Crippen LogP contribution in [0.2, 0.25) is 0 Å². The zero-order valence-corrected chi connectivity index (χ0v) is 14.0. The van der Waals surface area contributed by atoms with Gasteiger partial charge in [-0.15, -0.1) is 11.3 Å². The van der Waals surface area contributed by atoms with Gasteiger partial charge < -0.3 is 15.7 Å². The van der Waals surface area contributed by atoms with Crippen LogP contribution >= 0.6 is 11.3 Å². The molecule has 0 spiro atoms. The quantitative estimate of drug-likeness (QED) is 0.784. The number of thiazole rings is 1. The molecule has 0 saturated carbocycles. The summed E-state index contributed by atoms with van der Waals surface area (Å²) in [4.78, 5) is 27.2. The third-order valence-electron chi connectivity index (χ3n) is 3.23. The van der Waals surface area contributed by atoms with Gasteiger partial charge in [-0.2, -0.15) is 0 Å². The first-order valence-electron chi connectivity index (χ1n) is 7.09. The fraction of sp³-hybridized carbons (Fsp3) is 0.312. The third-order valence-corrected chi connectivity index (χ3v) is 4.52. The summed E-state index contributed by atoms with van der Waals surface area (Å²) in [6.45, 7) is 6.02. The predicted molar refractivity (Wildman–Crippen MR) is 88.6 cm³/mol. The van der Waals surface area contributed by atoms with E-state index < -0.39 is 11.5 Å². The Bertz CT molecular complexity index is 708. The summed E-state index contributed by atoms with van der Waals surface area (Å²) in [6, 6.07) is 6.09. The lowest BCUT2D eigenvalue weighted by Crippen LogP contribution is -2.46. The number of carbonyl (C=O) groups is 2. The van der Waals surface area contributed by atoms with Crippen molar-refractivity contribution in [3.05, 3.63) is 51.5 Å². The van der Waals surface area contributed by atoms with Crippen molar-refractivity contribution in [2.45, 2.75) is 32.9 Å². The minimum absolute atomic E-state index is 0.221. The fourth-order valence-corrected chi connectivity index (χ4v) is 2.85. The zero-order chi connectivity index (χ0) is 17.0. The number of aryl methyl sites for hydroxylation is 1. The van der Waals surface area contributed by atoms with Gasteiger partial charge in [-0.25, -0.2) is 14.6 Å². The summed E-state index contributed by atoms with van der Waals surface area (Å²) in [5.41, 5.74) is 1.42. The topological polar surface area (TPSA) is 91.3 Å². The average molecular weight is 333 g/mol. The highest BCUT2D eigenvalue weighted by Crippen LogP contribution is 2.23. The molecule has 2 aromatic rings. The molecule has 0 saturated heterocycles. The number of aromatic carboxylic acids is 1. The number of hydrogen-bond donors (Lipinski definition) is 3. The molecule has 0 radical (unpaired) electrons. The van der Waals surface area contributed by atoms with Crippen LogP contribution in [0.5, 0.6) is 0 Å². The number of rotatable bonds is 5. The van der Waals surface area contributed by atoms with Gasteiger partial charge in [0.05, 0.1) is 11.1 Å². The maximum atomic E-state index is 12.0. The van der Waals surface area contributed by atoms with Crippen molar-refractivity contribution in [1.82, 2.24) is 15.6 Å². The minimum Gasteiger partial charge on any atom is -0.478 e. The largest absolute Gasteiger partial charge is 0.478 e. The number of carboxylic acids is 1. The Morgan fingerprint density at radius 1 is 1.26 bits per heavy atom. The van der Waals surface area contributed by atoms with Crippen LogP contribution in [0.15, 0.2) is 29.6 Å². The molecule has 0 aliphatic rings. The fourth-order valence-electron chi connectivity index (χ4n) is 1.97. The number of nitrogens with zero attached hydrogens (tertiary/aromatic N) is 1. The number of aromatic nitrogens is 1. The Morgan fingerprint density at radius 3 is 2.43 bits per heavy atom. The summed E-state index contributed by atoms with van der Waals surface area (Å²) >= 11 is 1.51. The second-order valence-corrected chi connectivity index (χ2v) is 6.59. The van der Waals surface area contributed by atoms with E-state index in [-0.39, 0.29) is 11.6 Å². The van der Waals surface area contributed by atoms with Crippen LogP contribution < -0.4 is 10.6 Å². The van der Waals surface area contributed by atoms with Gasteiger partial charge in [0, 0.05) is 17.6 Å². The van der Waals surface area contributed by atoms with Gasteiger partial charge in [0.2, 0.25) is 0 Å². The van der Waals surface area contributed by atoms with E-state index >= 15 is 0 Å². The molecule has 3 N–H and O–H groups in total. The second kappa shape index (κ2) is 6.78. The molecule has 0 aliphatic heterocycles. The van der Waals surface area contributed by atoms with Crippen molar-refractivity contribution >= 4 is 23.3 Å².